The van der Waals surface area contributed by atoms with Crippen LogP contribution in [0, 0.1) is 12.8 Å². The summed E-state index contributed by atoms with van der Waals surface area (Å²) < 4.78 is 0. The first-order valence-corrected chi connectivity index (χ1v) is 9.81. The number of thiophene rings is 1. The highest BCUT2D eigenvalue weighted by molar-refractivity contribution is 7.99. The number of aromatic nitrogens is 2. The molecule has 0 aliphatic heterocycles. The highest BCUT2D eigenvalue weighted by atomic mass is 32.2. The Bertz CT molecular complexity index is 768. The zero-order valence-corrected chi connectivity index (χ0v) is 15.0. The summed E-state index contributed by atoms with van der Waals surface area (Å²) in [6.07, 6.45) is 4.69. The smallest absolute Gasteiger partial charge is 0.260 e. The second-order valence-corrected chi connectivity index (χ2v) is 8.02. The Labute approximate surface area is 143 Å². The maximum absolute atomic E-state index is 12.1. The van der Waals surface area contributed by atoms with Gasteiger partial charge in [-0.2, -0.15) is 0 Å². The molecule has 1 aliphatic rings. The van der Waals surface area contributed by atoms with Gasteiger partial charge < -0.3 is 10.3 Å². The Balaban J connectivity index is 1.61. The van der Waals surface area contributed by atoms with Crippen LogP contribution >= 0.6 is 23.1 Å². The third-order valence-electron chi connectivity index (χ3n) is 4.40. The van der Waals surface area contributed by atoms with E-state index < -0.39 is 0 Å². The van der Waals surface area contributed by atoms with Crippen molar-refractivity contribution in [2.75, 3.05) is 5.75 Å². The van der Waals surface area contributed by atoms with E-state index in [-0.39, 0.29) is 23.3 Å². The summed E-state index contributed by atoms with van der Waals surface area (Å²) in [5.41, 5.74) is 0.817. The van der Waals surface area contributed by atoms with Crippen LogP contribution in [0.25, 0.3) is 10.2 Å². The van der Waals surface area contributed by atoms with Gasteiger partial charge in [0, 0.05) is 6.04 Å². The molecule has 0 unspecified atom stereocenters. The molecule has 3 rings (SSSR count). The van der Waals surface area contributed by atoms with Gasteiger partial charge in [-0.05, 0) is 36.6 Å². The van der Waals surface area contributed by atoms with Gasteiger partial charge in [-0.15, -0.1) is 11.3 Å². The summed E-state index contributed by atoms with van der Waals surface area (Å²) in [4.78, 5) is 32.2. The van der Waals surface area contributed by atoms with Crippen molar-refractivity contribution in [3.05, 3.63) is 21.3 Å². The SMILES string of the molecule is Cc1csc2nc(SCC(=O)N[C@H]3CCCC[C@@H]3C)[nH]c(=O)c12. The molecule has 2 N–H and O–H groups in total. The highest BCUT2D eigenvalue weighted by Crippen LogP contribution is 2.25. The molecule has 2 heterocycles. The summed E-state index contributed by atoms with van der Waals surface area (Å²) in [5, 5.41) is 6.21. The van der Waals surface area contributed by atoms with E-state index in [0.29, 0.717) is 16.5 Å². The predicted octanol–water partition coefficient (Wildman–Crippen LogP) is 3.08. The van der Waals surface area contributed by atoms with Crippen LogP contribution in [0.2, 0.25) is 0 Å². The van der Waals surface area contributed by atoms with Crippen molar-refractivity contribution < 1.29 is 4.79 Å². The number of carbonyl (C=O) groups is 1. The summed E-state index contributed by atoms with van der Waals surface area (Å²) in [7, 11) is 0. The van der Waals surface area contributed by atoms with E-state index in [0.717, 1.165) is 16.8 Å². The van der Waals surface area contributed by atoms with E-state index in [1.54, 1.807) is 0 Å². The molecule has 1 aliphatic carbocycles. The Morgan fingerprint density at radius 2 is 2.26 bits per heavy atom. The van der Waals surface area contributed by atoms with Crippen LogP contribution < -0.4 is 10.9 Å². The molecule has 2 aromatic heterocycles. The molecular formula is C16H21N3O2S2. The van der Waals surface area contributed by atoms with Crippen molar-refractivity contribution in [2.24, 2.45) is 5.92 Å². The molecule has 7 heteroatoms. The molecule has 2 aromatic rings. The zero-order valence-electron chi connectivity index (χ0n) is 13.3. The van der Waals surface area contributed by atoms with Gasteiger partial charge in [0.05, 0.1) is 11.1 Å². The van der Waals surface area contributed by atoms with Gasteiger partial charge in [-0.1, -0.05) is 31.5 Å². The van der Waals surface area contributed by atoms with Gasteiger partial charge in [-0.25, -0.2) is 4.98 Å². The molecule has 5 nitrogen and oxygen atoms in total. The molecule has 1 amide bonds. The standard InChI is InChI=1S/C16H21N3O2S2/c1-9-5-3-4-6-11(9)17-12(20)8-23-16-18-14(21)13-10(2)7-22-15(13)19-16/h7,9,11H,3-6,8H2,1-2H3,(H,17,20)(H,18,19,21)/t9-,11-/m0/s1. The van der Waals surface area contributed by atoms with E-state index in [2.05, 4.69) is 22.2 Å². The van der Waals surface area contributed by atoms with E-state index >= 15 is 0 Å². The van der Waals surface area contributed by atoms with Crippen molar-refractivity contribution in [2.45, 2.75) is 50.7 Å². The lowest BCUT2D eigenvalue weighted by Crippen LogP contribution is -2.41. The van der Waals surface area contributed by atoms with E-state index in [1.165, 1.54) is 42.4 Å². The minimum absolute atomic E-state index is 0.0128. The first kappa shape index (κ1) is 16.5. The number of aromatic amines is 1. The number of hydrogen-bond acceptors (Lipinski definition) is 5. The van der Waals surface area contributed by atoms with Gasteiger partial charge in [0.2, 0.25) is 5.91 Å². The number of H-pyrrole nitrogens is 1. The van der Waals surface area contributed by atoms with Crippen LogP contribution in [0.4, 0.5) is 0 Å². The van der Waals surface area contributed by atoms with Crippen molar-refractivity contribution in [1.29, 1.82) is 0 Å². The van der Waals surface area contributed by atoms with Crippen LogP contribution in [0.15, 0.2) is 15.3 Å². The van der Waals surface area contributed by atoms with Gasteiger partial charge in [-0.3, -0.25) is 9.59 Å². The monoisotopic (exact) mass is 351 g/mol. The van der Waals surface area contributed by atoms with E-state index in [1.807, 2.05) is 12.3 Å². The average Bonchev–Trinajstić information content (AvgIpc) is 2.89. The highest BCUT2D eigenvalue weighted by Gasteiger charge is 2.22. The zero-order chi connectivity index (χ0) is 16.4. The minimum Gasteiger partial charge on any atom is -0.352 e. The molecule has 0 spiro atoms. The molecule has 2 atom stereocenters. The van der Waals surface area contributed by atoms with Gasteiger partial charge in [0.15, 0.2) is 5.16 Å². The Morgan fingerprint density at radius 3 is 3.04 bits per heavy atom. The molecule has 0 saturated heterocycles. The van der Waals surface area contributed by atoms with Gasteiger partial charge in [0.1, 0.15) is 4.83 Å². The normalized spacial score (nSPS) is 21.5. The van der Waals surface area contributed by atoms with Crippen molar-refractivity contribution in [1.82, 2.24) is 15.3 Å². The first-order valence-electron chi connectivity index (χ1n) is 7.95. The summed E-state index contributed by atoms with van der Waals surface area (Å²) >= 11 is 2.74. The molecule has 23 heavy (non-hydrogen) atoms. The van der Waals surface area contributed by atoms with Crippen LogP contribution in [0.1, 0.15) is 38.2 Å². The third-order valence-corrected chi connectivity index (χ3v) is 6.27. The maximum Gasteiger partial charge on any atom is 0.260 e. The number of rotatable bonds is 4. The molecule has 0 bridgehead atoms. The number of hydrogen-bond donors (Lipinski definition) is 2. The van der Waals surface area contributed by atoms with Crippen LogP contribution in [-0.4, -0.2) is 27.7 Å². The fourth-order valence-corrected chi connectivity index (χ4v) is 4.70. The Hall–Kier alpha value is -1.34. The number of carbonyl (C=O) groups excluding carboxylic acids is 1. The van der Waals surface area contributed by atoms with Crippen LogP contribution in [0.3, 0.4) is 0 Å². The number of nitrogens with one attached hydrogen (secondary N) is 2. The topological polar surface area (TPSA) is 74.8 Å². The van der Waals surface area contributed by atoms with Crippen molar-refractivity contribution >= 4 is 39.2 Å². The summed E-state index contributed by atoms with van der Waals surface area (Å²) in [5.74, 6) is 0.835. The molecular weight excluding hydrogens is 330 g/mol. The van der Waals surface area contributed by atoms with Crippen LogP contribution in [-0.2, 0) is 4.79 Å². The average molecular weight is 351 g/mol. The predicted molar refractivity (Wildman–Crippen MR) is 95.3 cm³/mol. The molecule has 124 valence electrons. The molecule has 1 saturated carbocycles. The fraction of sp³-hybridized carbons (Fsp3) is 0.562. The van der Waals surface area contributed by atoms with Gasteiger partial charge in [0.25, 0.3) is 5.56 Å². The summed E-state index contributed by atoms with van der Waals surface area (Å²) in [6, 6.07) is 0.284. The van der Waals surface area contributed by atoms with E-state index in [4.69, 9.17) is 0 Å². The Morgan fingerprint density at radius 1 is 1.48 bits per heavy atom. The first-order chi connectivity index (χ1) is 11.0. The number of thioether (sulfide) groups is 1. The summed E-state index contributed by atoms with van der Waals surface area (Å²) in [6.45, 7) is 4.10. The maximum atomic E-state index is 12.1. The lowest BCUT2D eigenvalue weighted by molar-refractivity contribution is -0.119. The minimum atomic E-state index is -0.127. The number of fused-ring (bicyclic) bond motifs is 1. The molecule has 0 radical (unpaired) electrons. The third kappa shape index (κ3) is 3.77. The lowest BCUT2D eigenvalue weighted by Gasteiger charge is -2.29. The largest absolute Gasteiger partial charge is 0.352 e. The quantitative estimate of drug-likeness (QED) is 0.656. The number of nitrogens with zero attached hydrogens (tertiary/aromatic N) is 1. The second kappa shape index (κ2) is 7.05. The number of aryl methyl sites for hydroxylation is 1. The fourth-order valence-electron chi connectivity index (χ4n) is 3.05. The number of amides is 1. The lowest BCUT2D eigenvalue weighted by atomic mass is 9.86. The van der Waals surface area contributed by atoms with Crippen molar-refractivity contribution in [3.63, 3.8) is 0 Å². The van der Waals surface area contributed by atoms with Gasteiger partial charge >= 0.3 is 0 Å². The molecule has 0 aromatic carbocycles. The van der Waals surface area contributed by atoms with Crippen LogP contribution in [0.5, 0.6) is 0 Å². The van der Waals surface area contributed by atoms with Crippen molar-refractivity contribution in [3.8, 4) is 0 Å². The Kier molecular flexibility index (Phi) is 5.06. The molecule has 1 fully saturated rings. The van der Waals surface area contributed by atoms with E-state index in [9.17, 15) is 9.59 Å². The second-order valence-electron chi connectivity index (χ2n) is 6.19.